The number of nitrogens with one attached hydrogen (secondary N) is 2. The molecule has 0 amide bonds. The van der Waals surface area contributed by atoms with Gasteiger partial charge in [0.25, 0.3) is 0 Å². The van der Waals surface area contributed by atoms with E-state index in [4.69, 9.17) is 4.74 Å². The van der Waals surface area contributed by atoms with Crippen LogP contribution in [-0.4, -0.2) is 38.2 Å². The normalized spacial score (nSPS) is 14.7. The third-order valence-corrected chi connectivity index (χ3v) is 1.60. The van der Waals surface area contributed by atoms with Gasteiger partial charge in [0.05, 0.1) is 19.6 Å². The molecule has 1 aliphatic rings. The van der Waals surface area contributed by atoms with Crippen molar-refractivity contribution in [2.24, 2.45) is 4.99 Å². The summed E-state index contributed by atoms with van der Waals surface area (Å²) in [5.41, 5.74) is 0. The predicted octanol–water partition coefficient (Wildman–Crippen LogP) is -0.512. The number of carbonyl (C=O) groups is 1. The van der Waals surface area contributed by atoms with Crippen LogP contribution < -0.4 is 10.6 Å². The molecule has 0 bridgehead atoms. The van der Waals surface area contributed by atoms with Crippen LogP contribution >= 0.6 is 0 Å². The first-order valence-corrected chi connectivity index (χ1v) is 4.50. The summed E-state index contributed by atoms with van der Waals surface area (Å²) in [5.74, 6) is 0.609. The Balaban J connectivity index is 2.03. The molecule has 0 aromatic rings. The monoisotopic (exact) mass is 185 g/mol. The van der Waals surface area contributed by atoms with Gasteiger partial charge in [-0.1, -0.05) is 0 Å². The average molecular weight is 185 g/mol. The maximum atomic E-state index is 10.9. The summed E-state index contributed by atoms with van der Waals surface area (Å²) in [6.07, 6.45) is 0.383. The third kappa shape index (κ3) is 3.78. The van der Waals surface area contributed by atoms with Gasteiger partial charge in [0.15, 0.2) is 5.96 Å². The van der Waals surface area contributed by atoms with Gasteiger partial charge in [-0.25, -0.2) is 0 Å². The molecule has 1 aliphatic heterocycles. The Labute approximate surface area is 77.6 Å². The van der Waals surface area contributed by atoms with Crippen molar-refractivity contribution in [2.45, 2.75) is 13.3 Å². The molecule has 1 rings (SSSR count). The Hall–Kier alpha value is -1.26. The van der Waals surface area contributed by atoms with E-state index in [1.54, 1.807) is 6.92 Å². The highest BCUT2D eigenvalue weighted by Crippen LogP contribution is 1.86. The summed E-state index contributed by atoms with van der Waals surface area (Å²) in [7, 11) is 0. The minimum atomic E-state index is -0.173. The molecule has 0 aliphatic carbocycles. The Morgan fingerprint density at radius 1 is 1.77 bits per heavy atom. The lowest BCUT2D eigenvalue weighted by molar-refractivity contribution is -0.142. The molecule has 0 atom stereocenters. The van der Waals surface area contributed by atoms with E-state index in [0.29, 0.717) is 19.6 Å². The number of nitrogens with zero attached hydrogens (tertiary/aromatic N) is 1. The van der Waals surface area contributed by atoms with Crippen LogP contribution in [0.2, 0.25) is 0 Å². The number of hydrogen-bond acceptors (Lipinski definition) is 5. The summed E-state index contributed by atoms with van der Waals surface area (Å²) in [6.45, 7) is 4.50. The highest BCUT2D eigenvalue weighted by molar-refractivity contribution is 5.81. The SMILES string of the molecule is CCOC(=O)CCNC1=NCCN1. The van der Waals surface area contributed by atoms with Gasteiger partial charge in [-0.05, 0) is 6.92 Å². The zero-order valence-electron chi connectivity index (χ0n) is 7.80. The summed E-state index contributed by atoms with van der Waals surface area (Å²) >= 11 is 0. The molecule has 13 heavy (non-hydrogen) atoms. The summed E-state index contributed by atoms with van der Waals surface area (Å²) < 4.78 is 4.77. The number of rotatable bonds is 4. The second-order valence-corrected chi connectivity index (χ2v) is 2.64. The van der Waals surface area contributed by atoms with Gasteiger partial charge in [-0.15, -0.1) is 0 Å². The zero-order chi connectivity index (χ0) is 9.52. The van der Waals surface area contributed by atoms with Crippen LogP contribution in [0.5, 0.6) is 0 Å². The molecule has 0 saturated heterocycles. The second kappa shape index (κ2) is 5.40. The number of ether oxygens (including phenoxy) is 1. The van der Waals surface area contributed by atoms with Crippen LogP contribution in [0.25, 0.3) is 0 Å². The van der Waals surface area contributed by atoms with Crippen molar-refractivity contribution < 1.29 is 9.53 Å². The lowest BCUT2D eigenvalue weighted by Gasteiger charge is -2.05. The molecular weight excluding hydrogens is 170 g/mol. The van der Waals surface area contributed by atoms with Gasteiger partial charge >= 0.3 is 5.97 Å². The predicted molar refractivity (Wildman–Crippen MR) is 49.6 cm³/mol. The molecule has 1 heterocycles. The molecule has 0 aromatic carbocycles. The quantitative estimate of drug-likeness (QED) is 0.579. The van der Waals surface area contributed by atoms with Crippen molar-refractivity contribution in [3.63, 3.8) is 0 Å². The van der Waals surface area contributed by atoms with E-state index < -0.39 is 0 Å². The Bertz CT molecular complexity index is 204. The third-order valence-electron chi connectivity index (χ3n) is 1.60. The molecular formula is C8H15N3O2. The van der Waals surface area contributed by atoms with Crippen LogP contribution in [0.4, 0.5) is 0 Å². The van der Waals surface area contributed by atoms with Crippen molar-refractivity contribution in [1.29, 1.82) is 0 Å². The molecule has 0 saturated carbocycles. The maximum Gasteiger partial charge on any atom is 0.307 e. The number of guanidine groups is 1. The van der Waals surface area contributed by atoms with Gasteiger partial charge in [0.1, 0.15) is 0 Å². The molecule has 74 valence electrons. The number of carbonyl (C=O) groups excluding carboxylic acids is 1. The van der Waals surface area contributed by atoms with Crippen LogP contribution in [-0.2, 0) is 9.53 Å². The fourth-order valence-electron chi connectivity index (χ4n) is 1.03. The zero-order valence-corrected chi connectivity index (χ0v) is 7.80. The Morgan fingerprint density at radius 3 is 3.23 bits per heavy atom. The molecule has 0 aromatic heterocycles. The van der Waals surface area contributed by atoms with Crippen molar-refractivity contribution in [3.8, 4) is 0 Å². The van der Waals surface area contributed by atoms with Crippen LogP contribution in [0.3, 0.4) is 0 Å². The van der Waals surface area contributed by atoms with E-state index in [1.165, 1.54) is 0 Å². The van der Waals surface area contributed by atoms with Crippen molar-refractivity contribution in [3.05, 3.63) is 0 Å². The smallest absolute Gasteiger partial charge is 0.307 e. The number of hydrogen-bond donors (Lipinski definition) is 2. The van der Waals surface area contributed by atoms with Gasteiger partial charge in [0.2, 0.25) is 0 Å². The van der Waals surface area contributed by atoms with E-state index in [0.717, 1.165) is 19.0 Å². The fourth-order valence-corrected chi connectivity index (χ4v) is 1.03. The molecule has 0 spiro atoms. The maximum absolute atomic E-state index is 10.9. The van der Waals surface area contributed by atoms with E-state index in [2.05, 4.69) is 15.6 Å². The van der Waals surface area contributed by atoms with E-state index in [-0.39, 0.29) is 5.97 Å². The van der Waals surface area contributed by atoms with Gasteiger partial charge in [-0.3, -0.25) is 9.79 Å². The summed E-state index contributed by atoms with van der Waals surface area (Å²) in [5, 5.41) is 6.06. The van der Waals surface area contributed by atoms with Crippen LogP contribution in [0.1, 0.15) is 13.3 Å². The van der Waals surface area contributed by atoms with E-state index in [9.17, 15) is 4.79 Å². The highest BCUT2D eigenvalue weighted by Gasteiger charge is 2.05. The number of esters is 1. The van der Waals surface area contributed by atoms with Crippen molar-refractivity contribution in [1.82, 2.24) is 10.6 Å². The Morgan fingerprint density at radius 2 is 2.62 bits per heavy atom. The standard InChI is InChI=1S/C8H15N3O2/c1-2-13-7(12)3-4-9-8-10-5-6-11-8/h2-6H2,1H3,(H2,9,10,11). The van der Waals surface area contributed by atoms with Crippen LogP contribution in [0, 0.1) is 0 Å². The minimum Gasteiger partial charge on any atom is -0.466 e. The highest BCUT2D eigenvalue weighted by atomic mass is 16.5. The summed E-state index contributed by atoms with van der Waals surface area (Å²) in [4.78, 5) is 15.0. The Kier molecular flexibility index (Phi) is 4.08. The summed E-state index contributed by atoms with van der Waals surface area (Å²) in [6, 6.07) is 0. The molecule has 0 unspecified atom stereocenters. The lowest BCUT2D eigenvalue weighted by atomic mass is 10.4. The lowest BCUT2D eigenvalue weighted by Crippen LogP contribution is -2.35. The largest absolute Gasteiger partial charge is 0.466 e. The topological polar surface area (TPSA) is 62.7 Å². The van der Waals surface area contributed by atoms with E-state index >= 15 is 0 Å². The number of aliphatic imine (C=N–C) groups is 1. The van der Waals surface area contributed by atoms with Crippen LogP contribution in [0.15, 0.2) is 4.99 Å². The fraction of sp³-hybridized carbons (Fsp3) is 0.750. The molecule has 0 radical (unpaired) electrons. The van der Waals surface area contributed by atoms with Gasteiger partial charge < -0.3 is 15.4 Å². The second-order valence-electron chi connectivity index (χ2n) is 2.64. The van der Waals surface area contributed by atoms with Gasteiger partial charge in [0, 0.05) is 13.1 Å². The van der Waals surface area contributed by atoms with Crippen molar-refractivity contribution >= 4 is 11.9 Å². The van der Waals surface area contributed by atoms with Gasteiger partial charge in [-0.2, -0.15) is 0 Å². The molecule has 2 N–H and O–H groups in total. The van der Waals surface area contributed by atoms with Crippen molar-refractivity contribution in [2.75, 3.05) is 26.2 Å². The molecule has 5 heteroatoms. The minimum absolute atomic E-state index is 0.173. The first-order chi connectivity index (χ1) is 6.33. The molecule has 0 fully saturated rings. The van der Waals surface area contributed by atoms with E-state index in [1.807, 2.05) is 0 Å². The molecule has 5 nitrogen and oxygen atoms in total. The first-order valence-electron chi connectivity index (χ1n) is 4.50. The average Bonchev–Trinajstić information content (AvgIpc) is 2.57. The first kappa shape index (κ1) is 9.83.